The molecule has 0 N–H and O–H groups in total. The molecule has 0 bridgehead atoms. The van der Waals surface area contributed by atoms with E-state index in [-0.39, 0.29) is 11.5 Å². The van der Waals surface area contributed by atoms with E-state index < -0.39 is 10.3 Å². The van der Waals surface area contributed by atoms with Gasteiger partial charge in [0.1, 0.15) is 11.2 Å². The summed E-state index contributed by atoms with van der Waals surface area (Å²) in [6.45, 7) is 3.01. The highest BCUT2D eigenvalue weighted by molar-refractivity contribution is 5.84. The molecule has 1 rings (SSSR count). The second kappa shape index (κ2) is 5.41. The van der Waals surface area contributed by atoms with E-state index in [4.69, 9.17) is 5.26 Å². The molecule has 0 aliphatic rings. The standard InChI is InChI=1S/C13H14N2O3/c1-10(16)13(2,9-14)8-7-11-3-5-12(6-4-11)15(17)18/h3-6H,7-8H2,1-2H3. The second-order valence-corrected chi connectivity index (χ2v) is 4.42. The van der Waals surface area contributed by atoms with Crippen molar-refractivity contribution in [3.05, 3.63) is 39.9 Å². The smallest absolute Gasteiger partial charge is 0.269 e. The van der Waals surface area contributed by atoms with Crippen molar-refractivity contribution in [3.8, 4) is 6.07 Å². The minimum atomic E-state index is -0.984. The molecule has 94 valence electrons. The zero-order valence-electron chi connectivity index (χ0n) is 10.3. The summed E-state index contributed by atoms with van der Waals surface area (Å²) < 4.78 is 0. The third kappa shape index (κ3) is 3.14. The van der Waals surface area contributed by atoms with Crippen molar-refractivity contribution in [2.75, 3.05) is 0 Å². The zero-order chi connectivity index (χ0) is 13.8. The maximum Gasteiger partial charge on any atom is 0.269 e. The lowest BCUT2D eigenvalue weighted by Gasteiger charge is -2.17. The highest BCUT2D eigenvalue weighted by Gasteiger charge is 2.29. The van der Waals surface area contributed by atoms with Crippen molar-refractivity contribution >= 4 is 11.5 Å². The maximum atomic E-state index is 11.3. The predicted molar refractivity (Wildman–Crippen MR) is 65.8 cm³/mol. The Kier molecular flexibility index (Phi) is 4.16. The molecular weight excluding hydrogens is 232 g/mol. The fourth-order valence-corrected chi connectivity index (χ4v) is 1.49. The molecule has 0 saturated carbocycles. The van der Waals surface area contributed by atoms with Crippen molar-refractivity contribution in [2.24, 2.45) is 5.41 Å². The molecule has 0 fully saturated rings. The number of carbonyl (C=O) groups is 1. The van der Waals surface area contributed by atoms with Crippen molar-refractivity contribution in [3.63, 3.8) is 0 Å². The van der Waals surface area contributed by atoms with Gasteiger partial charge >= 0.3 is 0 Å². The lowest BCUT2D eigenvalue weighted by atomic mass is 9.82. The van der Waals surface area contributed by atoms with Gasteiger partial charge in [0.05, 0.1) is 11.0 Å². The first-order valence-electron chi connectivity index (χ1n) is 5.54. The number of Topliss-reactive ketones (excluding diaryl/α,β-unsaturated/α-hetero) is 1. The van der Waals surface area contributed by atoms with Gasteiger partial charge in [0.25, 0.3) is 5.69 Å². The number of nitriles is 1. The molecule has 1 unspecified atom stereocenters. The summed E-state index contributed by atoms with van der Waals surface area (Å²) >= 11 is 0. The number of benzene rings is 1. The van der Waals surface area contributed by atoms with Gasteiger partial charge in [0.15, 0.2) is 0 Å². The zero-order valence-corrected chi connectivity index (χ0v) is 10.3. The summed E-state index contributed by atoms with van der Waals surface area (Å²) in [6.07, 6.45) is 0.957. The van der Waals surface area contributed by atoms with E-state index in [1.165, 1.54) is 19.1 Å². The first-order chi connectivity index (χ1) is 8.39. The molecule has 5 nitrogen and oxygen atoms in total. The highest BCUT2D eigenvalue weighted by Crippen LogP contribution is 2.24. The summed E-state index contributed by atoms with van der Waals surface area (Å²) in [6, 6.07) is 8.16. The summed E-state index contributed by atoms with van der Waals surface area (Å²) in [4.78, 5) is 21.4. The van der Waals surface area contributed by atoms with Crippen LogP contribution in [0.5, 0.6) is 0 Å². The van der Waals surface area contributed by atoms with Crippen LogP contribution in [0.3, 0.4) is 0 Å². The molecule has 0 saturated heterocycles. The minimum absolute atomic E-state index is 0.0355. The molecule has 0 amide bonds. The minimum Gasteiger partial charge on any atom is -0.298 e. The fourth-order valence-electron chi connectivity index (χ4n) is 1.49. The van der Waals surface area contributed by atoms with Crippen molar-refractivity contribution in [2.45, 2.75) is 26.7 Å². The van der Waals surface area contributed by atoms with E-state index in [0.29, 0.717) is 12.8 Å². The van der Waals surface area contributed by atoms with Crippen LogP contribution in [0, 0.1) is 26.9 Å². The Hall–Kier alpha value is -2.22. The second-order valence-electron chi connectivity index (χ2n) is 4.42. The van der Waals surface area contributed by atoms with Gasteiger partial charge in [-0.1, -0.05) is 12.1 Å². The Morgan fingerprint density at radius 1 is 1.44 bits per heavy atom. The molecule has 1 aromatic rings. The van der Waals surface area contributed by atoms with E-state index >= 15 is 0 Å². The summed E-state index contributed by atoms with van der Waals surface area (Å²) in [5, 5.41) is 19.5. The SMILES string of the molecule is CC(=O)C(C)(C#N)CCc1ccc([N+](=O)[O-])cc1. The molecule has 0 aliphatic heterocycles. The quantitative estimate of drug-likeness (QED) is 0.590. The first kappa shape index (κ1) is 13.8. The third-order valence-corrected chi connectivity index (χ3v) is 3.08. The number of hydrogen-bond acceptors (Lipinski definition) is 4. The molecule has 1 aromatic carbocycles. The lowest BCUT2D eigenvalue weighted by molar-refractivity contribution is -0.384. The van der Waals surface area contributed by atoms with E-state index in [1.807, 2.05) is 6.07 Å². The maximum absolute atomic E-state index is 11.3. The number of non-ortho nitro benzene ring substituents is 1. The van der Waals surface area contributed by atoms with Crippen LogP contribution in [-0.2, 0) is 11.2 Å². The number of carbonyl (C=O) groups excluding carboxylic acids is 1. The molecule has 0 spiro atoms. The molecular formula is C13H14N2O3. The molecule has 1 atom stereocenters. The van der Waals surface area contributed by atoms with E-state index in [0.717, 1.165) is 5.56 Å². The molecule has 0 aromatic heterocycles. The van der Waals surface area contributed by atoms with Crippen LogP contribution in [0.1, 0.15) is 25.8 Å². The average Bonchev–Trinajstić information content (AvgIpc) is 2.36. The highest BCUT2D eigenvalue weighted by atomic mass is 16.6. The third-order valence-electron chi connectivity index (χ3n) is 3.08. The number of aryl methyl sites for hydroxylation is 1. The van der Waals surface area contributed by atoms with Gasteiger partial charge in [0.2, 0.25) is 0 Å². The van der Waals surface area contributed by atoms with Crippen LogP contribution in [-0.4, -0.2) is 10.7 Å². The van der Waals surface area contributed by atoms with Crippen LogP contribution < -0.4 is 0 Å². The van der Waals surface area contributed by atoms with E-state index in [1.54, 1.807) is 19.1 Å². The van der Waals surface area contributed by atoms with E-state index in [2.05, 4.69) is 0 Å². The Labute approximate surface area is 105 Å². The van der Waals surface area contributed by atoms with Crippen LogP contribution in [0.25, 0.3) is 0 Å². The normalized spacial score (nSPS) is 13.4. The predicted octanol–water partition coefficient (Wildman–Crippen LogP) is 2.65. The topological polar surface area (TPSA) is 84.0 Å². The Morgan fingerprint density at radius 3 is 2.39 bits per heavy atom. The summed E-state index contributed by atoms with van der Waals surface area (Å²) in [7, 11) is 0. The van der Waals surface area contributed by atoms with Gasteiger partial charge in [-0.3, -0.25) is 14.9 Å². The molecule has 0 aliphatic carbocycles. The van der Waals surface area contributed by atoms with Crippen LogP contribution in [0.15, 0.2) is 24.3 Å². The van der Waals surface area contributed by atoms with Gasteiger partial charge in [-0.25, -0.2) is 0 Å². The van der Waals surface area contributed by atoms with Crippen molar-refractivity contribution in [1.29, 1.82) is 5.26 Å². The van der Waals surface area contributed by atoms with Gasteiger partial charge < -0.3 is 0 Å². The number of rotatable bonds is 5. The van der Waals surface area contributed by atoms with E-state index in [9.17, 15) is 14.9 Å². The number of hydrogen-bond donors (Lipinski definition) is 0. The molecule has 0 radical (unpaired) electrons. The Bertz CT molecular complexity index is 502. The Morgan fingerprint density at radius 2 is 2.00 bits per heavy atom. The number of ketones is 1. The van der Waals surface area contributed by atoms with Crippen LogP contribution >= 0.6 is 0 Å². The van der Waals surface area contributed by atoms with Crippen LogP contribution in [0.4, 0.5) is 5.69 Å². The number of nitro groups is 1. The number of nitrogens with zero attached hydrogens (tertiary/aromatic N) is 2. The monoisotopic (exact) mass is 246 g/mol. The molecule has 18 heavy (non-hydrogen) atoms. The van der Waals surface area contributed by atoms with Gasteiger partial charge in [-0.15, -0.1) is 0 Å². The average molecular weight is 246 g/mol. The fraction of sp³-hybridized carbons (Fsp3) is 0.385. The van der Waals surface area contributed by atoms with Gasteiger partial charge in [0, 0.05) is 12.1 Å². The summed E-state index contributed by atoms with van der Waals surface area (Å²) in [5.74, 6) is -0.160. The van der Waals surface area contributed by atoms with Crippen molar-refractivity contribution in [1.82, 2.24) is 0 Å². The molecule has 0 heterocycles. The first-order valence-corrected chi connectivity index (χ1v) is 5.54. The lowest BCUT2D eigenvalue weighted by Crippen LogP contribution is -2.24. The Balaban J connectivity index is 2.73. The molecule has 5 heteroatoms. The summed E-state index contributed by atoms with van der Waals surface area (Å²) in [5.41, 5.74) is -0.0708. The largest absolute Gasteiger partial charge is 0.298 e. The van der Waals surface area contributed by atoms with Gasteiger partial charge in [-0.2, -0.15) is 5.26 Å². The van der Waals surface area contributed by atoms with Crippen molar-refractivity contribution < 1.29 is 9.72 Å². The number of nitro benzene ring substituents is 1. The van der Waals surface area contributed by atoms with Gasteiger partial charge in [-0.05, 0) is 32.3 Å². The van der Waals surface area contributed by atoms with Crippen LogP contribution in [0.2, 0.25) is 0 Å².